The van der Waals surface area contributed by atoms with Crippen LogP contribution in [0.4, 0.5) is 0 Å². The number of nitrogens with two attached hydrogens (primary N) is 1. The van der Waals surface area contributed by atoms with E-state index in [1.807, 2.05) is 30.3 Å². The Balaban J connectivity index is 2.30. The monoisotopic (exact) mass is 244 g/mol. The number of carbonyl (C=O) groups is 1. The van der Waals surface area contributed by atoms with Crippen LogP contribution in [0.1, 0.15) is 9.67 Å². The summed E-state index contributed by atoms with van der Waals surface area (Å²) in [7, 11) is 0. The van der Waals surface area contributed by atoms with Gasteiger partial charge in [-0.25, -0.2) is 0 Å². The number of nitrogens with one attached hydrogen (secondary N) is 1. The second-order valence-electron chi connectivity index (χ2n) is 3.54. The first-order valence-electron chi connectivity index (χ1n) is 4.96. The maximum Gasteiger partial charge on any atom is 0.261 e. The van der Waals surface area contributed by atoms with E-state index in [9.17, 15) is 4.79 Å². The highest BCUT2D eigenvalue weighted by Crippen LogP contribution is 2.30. The lowest BCUT2D eigenvalue weighted by Gasteiger charge is -1.96. The molecule has 0 radical (unpaired) electrons. The Morgan fingerprint density at radius 1 is 1.29 bits per heavy atom. The third-order valence-corrected chi connectivity index (χ3v) is 3.34. The molecule has 6 heteroatoms. The predicted octanol–water partition coefficient (Wildman–Crippen LogP) is 1.79. The molecule has 2 aromatic heterocycles. The quantitative estimate of drug-likeness (QED) is 0.720. The van der Waals surface area contributed by atoms with Crippen molar-refractivity contribution in [3.63, 3.8) is 0 Å². The Labute approximate surface area is 100 Å². The van der Waals surface area contributed by atoms with Gasteiger partial charge in [-0.05, 0) is 11.5 Å². The highest BCUT2D eigenvalue weighted by atomic mass is 32.1. The van der Waals surface area contributed by atoms with Crippen molar-refractivity contribution in [1.29, 1.82) is 0 Å². The third-order valence-electron chi connectivity index (χ3n) is 2.47. The predicted molar refractivity (Wildman–Crippen MR) is 65.7 cm³/mol. The van der Waals surface area contributed by atoms with Gasteiger partial charge in [0.1, 0.15) is 10.6 Å². The minimum Gasteiger partial charge on any atom is -0.365 e. The molecule has 0 atom stereocenters. The van der Waals surface area contributed by atoms with Gasteiger partial charge in [-0.15, -0.1) is 0 Å². The topological polar surface area (TPSA) is 84.7 Å². The number of hydrogen-bond acceptors (Lipinski definition) is 4. The lowest BCUT2D eigenvalue weighted by molar-refractivity contribution is 0.101. The molecule has 0 saturated heterocycles. The standard InChI is InChI=1S/C11H8N4OS/c12-10(16)9-7-8(6-4-2-1-3-5-6)13-14-11(7)15-17-9/h1-5H,(H2,12,16)(H,14,15). The number of nitrogens with zero attached hydrogens (tertiary/aromatic N) is 2. The molecule has 0 aliphatic rings. The molecular weight excluding hydrogens is 236 g/mol. The van der Waals surface area contributed by atoms with E-state index in [0.29, 0.717) is 21.6 Å². The average molecular weight is 244 g/mol. The first kappa shape index (κ1) is 9.98. The molecule has 3 rings (SSSR count). The SMILES string of the molecule is NC(=O)c1snc2[nH]nc(-c3ccccc3)c12. The Kier molecular flexibility index (Phi) is 2.15. The van der Waals surface area contributed by atoms with Gasteiger partial charge in [-0.1, -0.05) is 30.3 Å². The molecule has 1 aromatic carbocycles. The van der Waals surface area contributed by atoms with Gasteiger partial charge in [0.15, 0.2) is 5.65 Å². The summed E-state index contributed by atoms with van der Waals surface area (Å²) in [5.41, 5.74) is 7.56. The maximum absolute atomic E-state index is 11.3. The molecule has 0 unspecified atom stereocenters. The van der Waals surface area contributed by atoms with Crippen LogP contribution in [-0.2, 0) is 0 Å². The molecule has 1 amide bonds. The molecule has 0 aliphatic heterocycles. The minimum absolute atomic E-state index is 0.438. The number of benzene rings is 1. The van der Waals surface area contributed by atoms with Crippen molar-refractivity contribution in [3.05, 3.63) is 35.2 Å². The highest BCUT2D eigenvalue weighted by Gasteiger charge is 2.18. The van der Waals surface area contributed by atoms with Crippen LogP contribution in [0.2, 0.25) is 0 Å². The van der Waals surface area contributed by atoms with Gasteiger partial charge in [-0.2, -0.15) is 9.47 Å². The Morgan fingerprint density at radius 3 is 2.76 bits per heavy atom. The molecular formula is C11H8N4OS. The van der Waals surface area contributed by atoms with Crippen LogP contribution >= 0.6 is 11.5 Å². The molecule has 0 bridgehead atoms. The number of carbonyl (C=O) groups excluding carboxylic acids is 1. The number of primary amides is 1. The zero-order valence-corrected chi connectivity index (χ0v) is 9.49. The van der Waals surface area contributed by atoms with E-state index in [1.165, 1.54) is 0 Å². The Hall–Kier alpha value is -2.21. The normalized spacial score (nSPS) is 10.8. The van der Waals surface area contributed by atoms with Crippen LogP contribution in [0, 0.1) is 0 Å². The van der Waals surface area contributed by atoms with Crippen LogP contribution in [0.25, 0.3) is 22.3 Å². The zero-order valence-electron chi connectivity index (χ0n) is 8.68. The summed E-state index contributed by atoms with van der Waals surface area (Å²) in [4.78, 5) is 11.7. The van der Waals surface area contributed by atoms with E-state index >= 15 is 0 Å². The van der Waals surface area contributed by atoms with Crippen LogP contribution in [0.15, 0.2) is 30.3 Å². The molecule has 0 spiro atoms. The number of aromatic amines is 1. The van der Waals surface area contributed by atoms with Crippen molar-refractivity contribution in [3.8, 4) is 11.3 Å². The van der Waals surface area contributed by atoms with E-state index in [0.717, 1.165) is 17.1 Å². The molecule has 0 fully saturated rings. The van der Waals surface area contributed by atoms with Gasteiger partial charge < -0.3 is 5.73 Å². The maximum atomic E-state index is 11.3. The number of H-pyrrole nitrogens is 1. The van der Waals surface area contributed by atoms with Gasteiger partial charge in [0.25, 0.3) is 5.91 Å². The fraction of sp³-hybridized carbons (Fsp3) is 0. The number of rotatable bonds is 2. The van der Waals surface area contributed by atoms with E-state index < -0.39 is 5.91 Å². The van der Waals surface area contributed by atoms with Gasteiger partial charge in [0.2, 0.25) is 0 Å². The number of hydrogen-bond donors (Lipinski definition) is 2. The van der Waals surface area contributed by atoms with Crippen LogP contribution in [0.5, 0.6) is 0 Å². The van der Waals surface area contributed by atoms with Crippen LogP contribution in [0.3, 0.4) is 0 Å². The number of fused-ring (bicyclic) bond motifs is 1. The summed E-state index contributed by atoms with van der Waals surface area (Å²) in [6.07, 6.45) is 0. The lowest BCUT2D eigenvalue weighted by atomic mass is 10.1. The van der Waals surface area contributed by atoms with Crippen LogP contribution in [-0.4, -0.2) is 20.5 Å². The van der Waals surface area contributed by atoms with Gasteiger partial charge in [0, 0.05) is 5.56 Å². The largest absolute Gasteiger partial charge is 0.365 e. The summed E-state index contributed by atoms with van der Waals surface area (Å²) >= 11 is 1.09. The molecule has 0 aliphatic carbocycles. The number of amides is 1. The second-order valence-corrected chi connectivity index (χ2v) is 4.31. The molecule has 5 nitrogen and oxygen atoms in total. The van der Waals surface area contributed by atoms with Crippen molar-refractivity contribution in [2.24, 2.45) is 5.73 Å². The van der Waals surface area contributed by atoms with Crippen molar-refractivity contribution in [1.82, 2.24) is 14.6 Å². The first-order valence-corrected chi connectivity index (χ1v) is 5.73. The summed E-state index contributed by atoms with van der Waals surface area (Å²) in [6, 6.07) is 9.61. The van der Waals surface area contributed by atoms with E-state index in [1.54, 1.807) is 0 Å². The zero-order chi connectivity index (χ0) is 11.8. The molecule has 17 heavy (non-hydrogen) atoms. The summed E-state index contributed by atoms with van der Waals surface area (Å²) in [6.45, 7) is 0. The Morgan fingerprint density at radius 2 is 2.06 bits per heavy atom. The van der Waals surface area contributed by atoms with E-state index in [-0.39, 0.29) is 0 Å². The lowest BCUT2D eigenvalue weighted by Crippen LogP contribution is -2.09. The molecule has 84 valence electrons. The first-order chi connectivity index (χ1) is 8.27. The molecule has 3 aromatic rings. The van der Waals surface area contributed by atoms with Crippen LogP contribution < -0.4 is 5.73 Å². The fourth-order valence-electron chi connectivity index (χ4n) is 1.72. The molecule has 3 N–H and O–H groups in total. The molecule has 0 saturated carbocycles. The Bertz CT molecular complexity index is 686. The van der Waals surface area contributed by atoms with Crippen molar-refractivity contribution in [2.75, 3.05) is 0 Å². The van der Waals surface area contributed by atoms with Gasteiger partial charge in [0.05, 0.1) is 5.39 Å². The number of aromatic nitrogens is 3. The summed E-state index contributed by atoms with van der Waals surface area (Å²) in [5.74, 6) is -0.476. The van der Waals surface area contributed by atoms with Crippen molar-refractivity contribution in [2.45, 2.75) is 0 Å². The third kappa shape index (κ3) is 1.50. The van der Waals surface area contributed by atoms with Crippen molar-refractivity contribution >= 4 is 28.5 Å². The van der Waals surface area contributed by atoms with E-state index in [2.05, 4.69) is 14.6 Å². The average Bonchev–Trinajstić information content (AvgIpc) is 2.90. The fourth-order valence-corrected chi connectivity index (χ4v) is 2.41. The summed E-state index contributed by atoms with van der Waals surface area (Å²) < 4.78 is 4.11. The minimum atomic E-state index is -0.476. The smallest absolute Gasteiger partial charge is 0.261 e. The van der Waals surface area contributed by atoms with E-state index in [4.69, 9.17) is 5.73 Å². The molecule has 2 heterocycles. The van der Waals surface area contributed by atoms with Crippen molar-refractivity contribution < 1.29 is 4.79 Å². The highest BCUT2D eigenvalue weighted by molar-refractivity contribution is 7.09. The second kappa shape index (κ2) is 3.67. The van der Waals surface area contributed by atoms with Gasteiger partial charge in [-0.3, -0.25) is 9.89 Å². The van der Waals surface area contributed by atoms with Gasteiger partial charge >= 0.3 is 0 Å². The summed E-state index contributed by atoms with van der Waals surface area (Å²) in [5, 5.41) is 7.69.